The molecule has 0 radical (unpaired) electrons. The number of nitrogens with one attached hydrogen (secondary N) is 1. The van der Waals surface area contributed by atoms with E-state index < -0.39 is 10.0 Å². The van der Waals surface area contributed by atoms with Crippen LogP contribution < -0.4 is 9.46 Å². The van der Waals surface area contributed by atoms with Crippen LogP contribution in [0.4, 0.5) is 5.69 Å². The van der Waals surface area contributed by atoms with Crippen LogP contribution in [-0.4, -0.2) is 19.5 Å². The molecule has 0 saturated heterocycles. The highest BCUT2D eigenvalue weighted by Gasteiger charge is 2.18. The fourth-order valence-corrected chi connectivity index (χ4v) is 3.14. The topological polar surface area (TPSA) is 68.3 Å². The van der Waals surface area contributed by atoms with Crippen molar-refractivity contribution in [3.8, 4) is 5.75 Å². The van der Waals surface area contributed by atoms with E-state index >= 15 is 0 Å². The van der Waals surface area contributed by atoms with Crippen LogP contribution in [0.2, 0.25) is 0 Å². The Hall–Kier alpha value is -2.08. The third-order valence-electron chi connectivity index (χ3n) is 3.29. The second-order valence-corrected chi connectivity index (χ2v) is 8.61. The van der Waals surface area contributed by atoms with Crippen molar-refractivity contribution in [3.05, 3.63) is 48.3 Å². The molecule has 130 valence electrons. The summed E-state index contributed by atoms with van der Waals surface area (Å²) in [6, 6.07) is 9.78. The minimum Gasteiger partial charge on any atom is -0.491 e. The molecule has 5 nitrogen and oxygen atoms in total. The fraction of sp³-hybridized carbons (Fsp3) is 0.389. The highest BCUT2D eigenvalue weighted by Crippen LogP contribution is 2.24. The Bertz CT molecular complexity index is 792. The number of pyridine rings is 1. The minimum absolute atomic E-state index is 0.0400. The van der Waals surface area contributed by atoms with Crippen LogP contribution >= 0.6 is 0 Å². The van der Waals surface area contributed by atoms with Gasteiger partial charge in [-0.1, -0.05) is 20.8 Å². The molecule has 0 atom stereocenters. The van der Waals surface area contributed by atoms with Crippen LogP contribution in [0.5, 0.6) is 5.75 Å². The zero-order chi connectivity index (χ0) is 18.0. The van der Waals surface area contributed by atoms with Crippen LogP contribution in [0.1, 0.15) is 40.3 Å². The van der Waals surface area contributed by atoms with Gasteiger partial charge >= 0.3 is 0 Å². The molecule has 0 unspecified atom stereocenters. The van der Waals surface area contributed by atoms with Crippen LogP contribution in [0.25, 0.3) is 0 Å². The van der Waals surface area contributed by atoms with Gasteiger partial charge < -0.3 is 4.74 Å². The highest BCUT2D eigenvalue weighted by atomic mass is 32.2. The lowest BCUT2D eigenvalue weighted by molar-refractivity contribution is 0.242. The standard InChI is InChI=1S/C18H24N2O3S/c1-13(2)23-15-6-8-16(9-7-15)24(21,22)20-14-10-11-19-17(12-14)18(3,4)5/h6-13H,1-5H3,(H,19,20). The number of nitrogens with zero attached hydrogens (tertiary/aromatic N) is 1. The van der Waals surface area contributed by atoms with Gasteiger partial charge in [0.25, 0.3) is 10.0 Å². The van der Waals surface area contributed by atoms with Gasteiger partial charge in [0, 0.05) is 17.3 Å². The molecule has 0 aliphatic heterocycles. The Kier molecular flexibility index (Phi) is 5.18. The Morgan fingerprint density at radius 2 is 1.71 bits per heavy atom. The Morgan fingerprint density at radius 3 is 2.25 bits per heavy atom. The van der Waals surface area contributed by atoms with Gasteiger partial charge in [-0.15, -0.1) is 0 Å². The average Bonchev–Trinajstić information content (AvgIpc) is 2.46. The molecule has 0 aliphatic carbocycles. The lowest BCUT2D eigenvalue weighted by Crippen LogP contribution is -2.16. The SMILES string of the molecule is CC(C)Oc1ccc(S(=O)(=O)Nc2ccnc(C(C)(C)C)c2)cc1. The molecule has 1 aromatic heterocycles. The summed E-state index contributed by atoms with van der Waals surface area (Å²) in [6.45, 7) is 9.92. The number of aromatic nitrogens is 1. The predicted molar refractivity (Wildman–Crippen MR) is 96.0 cm³/mol. The monoisotopic (exact) mass is 348 g/mol. The Balaban J connectivity index is 2.22. The first kappa shape index (κ1) is 18.3. The van der Waals surface area contributed by atoms with Gasteiger partial charge in [0.1, 0.15) is 5.75 Å². The summed E-state index contributed by atoms with van der Waals surface area (Å²) in [5, 5.41) is 0. The highest BCUT2D eigenvalue weighted by molar-refractivity contribution is 7.92. The average molecular weight is 348 g/mol. The molecule has 0 saturated carbocycles. The van der Waals surface area contributed by atoms with E-state index in [0.29, 0.717) is 11.4 Å². The molecule has 0 amide bonds. The maximum absolute atomic E-state index is 12.5. The first-order chi connectivity index (χ1) is 11.1. The van der Waals surface area contributed by atoms with E-state index in [1.54, 1.807) is 30.5 Å². The molecule has 0 bridgehead atoms. The van der Waals surface area contributed by atoms with E-state index in [0.717, 1.165) is 5.69 Å². The first-order valence-electron chi connectivity index (χ1n) is 7.84. The van der Waals surface area contributed by atoms with Gasteiger partial charge in [0.2, 0.25) is 0 Å². The second kappa shape index (κ2) is 6.81. The summed E-state index contributed by atoms with van der Waals surface area (Å²) in [7, 11) is -3.65. The van der Waals surface area contributed by atoms with Crippen molar-refractivity contribution in [3.63, 3.8) is 0 Å². The molecule has 1 heterocycles. The number of hydrogen-bond donors (Lipinski definition) is 1. The maximum Gasteiger partial charge on any atom is 0.261 e. The zero-order valence-corrected chi connectivity index (χ0v) is 15.5. The zero-order valence-electron chi connectivity index (χ0n) is 14.7. The third-order valence-corrected chi connectivity index (χ3v) is 4.68. The molecule has 0 aliphatic rings. The summed E-state index contributed by atoms with van der Waals surface area (Å²) >= 11 is 0. The quantitative estimate of drug-likeness (QED) is 0.888. The van der Waals surface area contributed by atoms with Gasteiger partial charge in [-0.05, 0) is 50.2 Å². The molecule has 6 heteroatoms. The lowest BCUT2D eigenvalue weighted by atomic mass is 9.91. The molecule has 0 fully saturated rings. The van der Waals surface area contributed by atoms with Crippen LogP contribution in [-0.2, 0) is 15.4 Å². The van der Waals surface area contributed by atoms with E-state index in [9.17, 15) is 8.42 Å². The summed E-state index contributed by atoms with van der Waals surface area (Å²) in [6.07, 6.45) is 1.65. The molecule has 1 N–H and O–H groups in total. The minimum atomic E-state index is -3.65. The van der Waals surface area contributed by atoms with Gasteiger partial charge in [-0.3, -0.25) is 9.71 Å². The summed E-state index contributed by atoms with van der Waals surface area (Å²) in [5.74, 6) is 0.642. The van der Waals surface area contributed by atoms with Gasteiger partial charge in [0.05, 0.1) is 16.7 Å². The van der Waals surface area contributed by atoms with Crippen molar-refractivity contribution >= 4 is 15.7 Å². The number of benzene rings is 1. The van der Waals surface area contributed by atoms with E-state index in [1.807, 2.05) is 34.6 Å². The van der Waals surface area contributed by atoms with Gasteiger partial charge in [-0.2, -0.15) is 0 Å². The maximum atomic E-state index is 12.5. The van der Waals surface area contributed by atoms with E-state index in [-0.39, 0.29) is 16.4 Å². The van der Waals surface area contributed by atoms with Crippen molar-refractivity contribution < 1.29 is 13.2 Å². The predicted octanol–water partition coefficient (Wildman–Crippen LogP) is 3.97. The third kappa shape index (κ3) is 4.71. The second-order valence-electron chi connectivity index (χ2n) is 6.92. The van der Waals surface area contributed by atoms with Crippen LogP contribution in [0.15, 0.2) is 47.5 Å². The summed E-state index contributed by atoms with van der Waals surface area (Å²) < 4.78 is 33.2. The van der Waals surface area contributed by atoms with Crippen molar-refractivity contribution in [1.82, 2.24) is 4.98 Å². The number of hydrogen-bond acceptors (Lipinski definition) is 4. The Labute approximate surface area is 144 Å². The van der Waals surface area contributed by atoms with E-state index in [1.165, 1.54) is 12.1 Å². The number of anilines is 1. The summed E-state index contributed by atoms with van der Waals surface area (Å²) in [4.78, 5) is 4.49. The number of rotatable bonds is 5. The van der Waals surface area contributed by atoms with Gasteiger partial charge in [-0.25, -0.2) is 8.42 Å². The van der Waals surface area contributed by atoms with E-state index in [2.05, 4.69) is 9.71 Å². The van der Waals surface area contributed by atoms with Crippen molar-refractivity contribution in [1.29, 1.82) is 0 Å². The number of sulfonamides is 1. The van der Waals surface area contributed by atoms with E-state index in [4.69, 9.17) is 4.74 Å². The van der Waals surface area contributed by atoms with Gasteiger partial charge in [0.15, 0.2) is 0 Å². The molecule has 1 aromatic carbocycles. The van der Waals surface area contributed by atoms with Crippen molar-refractivity contribution in [2.24, 2.45) is 0 Å². The normalized spacial score (nSPS) is 12.2. The number of ether oxygens (including phenoxy) is 1. The molecular formula is C18H24N2O3S. The molecule has 24 heavy (non-hydrogen) atoms. The summed E-state index contributed by atoms with van der Waals surface area (Å²) in [5.41, 5.74) is 1.16. The molecule has 0 spiro atoms. The van der Waals surface area contributed by atoms with Crippen LogP contribution in [0.3, 0.4) is 0 Å². The lowest BCUT2D eigenvalue weighted by Gasteiger charge is -2.18. The Morgan fingerprint density at radius 1 is 1.08 bits per heavy atom. The first-order valence-corrected chi connectivity index (χ1v) is 9.32. The molecule has 2 aromatic rings. The smallest absolute Gasteiger partial charge is 0.261 e. The molecule has 2 rings (SSSR count). The van der Waals surface area contributed by atoms with Crippen molar-refractivity contribution in [2.45, 2.75) is 51.0 Å². The largest absolute Gasteiger partial charge is 0.491 e. The van der Waals surface area contributed by atoms with Crippen molar-refractivity contribution in [2.75, 3.05) is 4.72 Å². The molecular weight excluding hydrogens is 324 g/mol. The van der Waals surface area contributed by atoms with Crippen LogP contribution in [0, 0.1) is 0 Å². The fourth-order valence-electron chi connectivity index (χ4n) is 2.09.